The molecule has 112 valence electrons. The van der Waals surface area contributed by atoms with Crippen LogP contribution in [-0.4, -0.2) is 6.54 Å². The van der Waals surface area contributed by atoms with E-state index in [9.17, 15) is 0 Å². The highest BCUT2D eigenvalue weighted by Gasteiger charge is 2.09. The van der Waals surface area contributed by atoms with Crippen LogP contribution in [-0.2, 0) is 19.6 Å². The molecule has 0 bridgehead atoms. The first kappa shape index (κ1) is 15.5. The SMILES string of the molecule is CC(C)CCCCCCNCc1ccc2c(c1)CNC2. The summed E-state index contributed by atoms with van der Waals surface area (Å²) in [7, 11) is 0. The van der Waals surface area contributed by atoms with Gasteiger partial charge in [0.25, 0.3) is 0 Å². The summed E-state index contributed by atoms with van der Waals surface area (Å²) >= 11 is 0. The van der Waals surface area contributed by atoms with Gasteiger partial charge in [-0.25, -0.2) is 0 Å². The molecule has 2 N–H and O–H groups in total. The Bertz CT molecular complexity index is 398. The molecule has 2 rings (SSSR count). The maximum absolute atomic E-state index is 3.57. The number of nitrogens with one attached hydrogen (secondary N) is 2. The molecule has 0 amide bonds. The lowest BCUT2D eigenvalue weighted by atomic mass is 10.0. The minimum absolute atomic E-state index is 0.863. The Morgan fingerprint density at radius 1 is 1.05 bits per heavy atom. The topological polar surface area (TPSA) is 24.1 Å². The molecule has 0 spiro atoms. The molecule has 0 radical (unpaired) electrons. The highest BCUT2D eigenvalue weighted by molar-refractivity contribution is 5.34. The Morgan fingerprint density at radius 2 is 1.85 bits per heavy atom. The zero-order chi connectivity index (χ0) is 14.2. The number of hydrogen-bond acceptors (Lipinski definition) is 2. The molecule has 0 atom stereocenters. The van der Waals surface area contributed by atoms with Gasteiger partial charge in [-0.1, -0.05) is 57.7 Å². The lowest BCUT2D eigenvalue weighted by Crippen LogP contribution is -2.14. The Labute approximate surface area is 124 Å². The molecule has 1 aliphatic rings. The van der Waals surface area contributed by atoms with Crippen LogP contribution in [0.1, 0.15) is 62.6 Å². The molecule has 0 aromatic heterocycles. The fraction of sp³-hybridized carbons (Fsp3) is 0.667. The third-order valence-corrected chi connectivity index (χ3v) is 4.12. The van der Waals surface area contributed by atoms with Crippen LogP contribution in [0.5, 0.6) is 0 Å². The lowest BCUT2D eigenvalue weighted by molar-refractivity contribution is 0.512. The van der Waals surface area contributed by atoms with E-state index in [0.717, 1.165) is 32.1 Å². The monoisotopic (exact) mass is 274 g/mol. The second-order valence-corrected chi connectivity index (χ2v) is 6.48. The molecular formula is C18H30N2. The van der Waals surface area contributed by atoms with Gasteiger partial charge in [-0.2, -0.15) is 0 Å². The number of benzene rings is 1. The Morgan fingerprint density at radius 3 is 2.70 bits per heavy atom. The summed E-state index contributed by atoms with van der Waals surface area (Å²) in [6, 6.07) is 6.89. The van der Waals surface area contributed by atoms with Crippen LogP contribution < -0.4 is 10.6 Å². The molecule has 0 saturated carbocycles. The van der Waals surface area contributed by atoms with E-state index < -0.39 is 0 Å². The van der Waals surface area contributed by atoms with Crippen LogP contribution in [0.2, 0.25) is 0 Å². The summed E-state index contributed by atoms with van der Waals surface area (Å²) in [5.74, 6) is 0.863. The molecular weight excluding hydrogens is 244 g/mol. The van der Waals surface area contributed by atoms with Crippen molar-refractivity contribution < 1.29 is 0 Å². The van der Waals surface area contributed by atoms with E-state index in [0.29, 0.717) is 0 Å². The van der Waals surface area contributed by atoms with Gasteiger partial charge in [0.15, 0.2) is 0 Å². The molecule has 1 aromatic carbocycles. The first-order valence-corrected chi connectivity index (χ1v) is 8.28. The van der Waals surface area contributed by atoms with Crippen molar-refractivity contribution in [3.8, 4) is 0 Å². The van der Waals surface area contributed by atoms with E-state index in [-0.39, 0.29) is 0 Å². The fourth-order valence-corrected chi connectivity index (χ4v) is 2.85. The molecule has 0 fully saturated rings. The van der Waals surface area contributed by atoms with Crippen LogP contribution >= 0.6 is 0 Å². The van der Waals surface area contributed by atoms with Gasteiger partial charge in [0.1, 0.15) is 0 Å². The lowest BCUT2D eigenvalue weighted by Gasteiger charge is -2.07. The normalized spacial score (nSPS) is 13.9. The molecule has 20 heavy (non-hydrogen) atoms. The highest BCUT2D eigenvalue weighted by Crippen LogP contribution is 2.16. The van der Waals surface area contributed by atoms with E-state index in [2.05, 4.69) is 42.7 Å². The van der Waals surface area contributed by atoms with Crippen LogP contribution in [0.4, 0.5) is 0 Å². The third-order valence-electron chi connectivity index (χ3n) is 4.12. The van der Waals surface area contributed by atoms with Gasteiger partial charge >= 0.3 is 0 Å². The number of hydrogen-bond donors (Lipinski definition) is 2. The van der Waals surface area contributed by atoms with Gasteiger partial charge in [-0.3, -0.25) is 0 Å². The zero-order valence-electron chi connectivity index (χ0n) is 13.2. The van der Waals surface area contributed by atoms with E-state index in [1.807, 2.05) is 0 Å². The van der Waals surface area contributed by atoms with Crippen molar-refractivity contribution >= 4 is 0 Å². The van der Waals surface area contributed by atoms with Gasteiger partial charge < -0.3 is 10.6 Å². The number of rotatable bonds is 9. The van der Waals surface area contributed by atoms with E-state index >= 15 is 0 Å². The quantitative estimate of drug-likeness (QED) is 0.665. The Hall–Kier alpha value is -0.860. The Kier molecular flexibility index (Phi) is 6.55. The molecule has 1 aromatic rings. The van der Waals surface area contributed by atoms with Gasteiger partial charge in [0, 0.05) is 19.6 Å². The maximum atomic E-state index is 3.57. The average molecular weight is 274 g/mol. The molecule has 1 aliphatic heterocycles. The van der Waals surface area contributed by atoms with Crippen LogP contribution in [0, 0.1) is 5.92 Å². The molecule has 0 aliphatic carbocycles. The van der Waals surface area contributed by atoms with Crippen LogP contribution in [0.3, 0.4) is 0 Å². The summed E-state index contributed by atoms with van der Waals surface area (Å²) in [4.78, 5) is 0. The van der Waals surface area contributed by atoms with Gasteiger partial charge in [0.05, 0.1) is 0 Å². The molecule has 2 heteroatoms. The largest absolute Gasteiger partial charge is 0.313 e. The number of fused-ring (bicyclic) bond motifs is 1. The minimum Gasteiger partial charge on any atom is -0.313 e. The van der Waals surface area contributed by atoms with Crippen molar-refractivity contribution in [2.45, 2.75) is 65.6 Å². The second kappa shape index (κ2) is 8.43. The van der Waals surface area contributed by atoms with E-state index in [1.165, 1.54) is 48.8 Å². The maximum Gasteiger partial charge on any atom is 0.0212 e. The van der Waals surface area contributed by atoms with Gasteiger partial charge in [-0.15, -0.1) is 0 Å². The third kappa shape index (κ3) is 5.26. The summed E-state index contributed by atoms with van der Waals surface area (Å²) in [5.41, 5.74) is 4.38. The molecule has 2 nitrogen and oxygen atoms in total. The predicted octanol–water partition coefficient (Wildman–Crippen LogP) is 3.99. The summed E-state index contributed by atoms with van der Waals surface area (Å²) in [6.45, 7) is 8.87. The van der Waals surface area contributed by atoms with Crippen molar-refractivity contribution in [2.24, 2.45) is 5.92 Å². The van der Waals surface area contributed by atoms with Crippen molar-refractivity contribution in [1.29, 1.82) is 0 Å². The minimum atomic E-state index is 0.863. The first-order chi connectivity index (χ1) is 9.75. The van der Waals surface area contributed by atoms with E-state index in [1.54, 1.807) is 0 Å². The van der Waals surface area contributed by atoms with Crippen molar-refractivity contribution in [2.75, 3.05) is 6.54 Å². The Balaban J connectivity index is 1.53. The number of unbranched alkanes of at least 4 members (excludes halogenated alkanes) is 3. The standard InChI is InChI=1S/C18H30N2/c1-15(2)7-5-3-4-6-10-19-12-16-8-9-17-13-20-14-18(17)11-16/h8-9,11,15,19-20H,3-7,10,12-14H2,1-2H3. The zero-order valence-corrected chi connectivity index (χ0v) is 13.2. The first-order valence-electron chi connectivity index (χ1n) is 8.28. The average Bonchev–Trinajstić information content (AvgIpc) is 2.89. The predicted molar refractivity (Wildman–Crippen MR) is 86.6 cm³/mol. The fourth-order valence-electron chi connectivity index (χ4n) is 2.85. The highest BCUT2D eigenvalue weighted by atomic mass is 14.9. The smallest absolute Gasteiger partial charge is 0.0212 e. The second-order valence-electron chi connectivity index (χ2n) is 6.48. The summed E-state index contributed by atoms with van der Waals surface area (Å²) in [5, 5.41) is 6.97. The summed E-state index contributed by atoms with van der Waals surface area (Å²) < 4.78 is 0. The van der Waals surface area contributed by atoms with E-state index in [4.69, 9.17) is 0 Å². The van der Waals surface area contributed by atoms with Crippen LogP contribution in [0.15, 0.2) is 18.2 Å². The molecule has 0 saturated heterocycles. The van der Waals surface area contributed by atoms with Crippen LogP contribution in [0.25, 0.3) is 0 Å². The molecule has 1 heterocycles. The van der Waals surface area contributed by atoms with Gasteiger partial charge in [-0.05, 0) is 35.6 Å². The molecule has 0 unspecified atom stereocenters. The van der Waals surface area contributed by atoms with Gasteiger partial charge in [0.2, 0.25) is 0 Å². The van der Waals surface area contributed by atoms with Crippen molar-refractivity contribution in [3.63, 3.8) is 0 Å². The van der Waals surface area contributed by atoms with Crippen molar-refractivity contribution in [1.82, 2.24) is 10.6 Å². The summed E-state index contributed by atoms with van der Waals surface area (Å²) in [6.07, 6.45) is 6.86. The van der Waals surface area contributed by atoms with Crippen molar-refractivity contribution in [3.05, 3.63) is 34.9 Å².